The Morgan fingerprint density at radius 1 is 1.00 bits per heavy atom. The number of halogens is 2. The van der Waals surface area contributed by atoms with Crippen molar-refractivity contribution in [3.05, 3.63) is 93.4 Å². The van der Waals surface area contributed by atoms with Gasteiger partial charge in [-0.1, -0.05) is 70.9 Å². The fourth-order valence-corrected chi connectivity index (χ4v) is 5.69. The zero-order valence-corrected chi connectivity index (χ0v) is 25.6. The molecule has 0 aromatic heterocycles. The number of nitrogens with zero attached hydrogens (tertiary/aromatic N) is 2. The van der Waals surface area contributed by atoms with Crippen molar-refractivity contribution in [3.63, 3.8) is 0 Å². The highest BCUT2D eigenvalue weighted by molar-refractivity contribution is 9.10. The third kappa shape index (κ3) is 7.84. The molecule has 2 amide bonds. The normalized spacial score (nSPS) is 12.9. The Morgan fingerprint density at radius 3 is 2.23 bits per heavy atom. The Hall–Kier alpha value is -2.88. The summed E-state index contributed by atoms with van der Waals surface area (Å²) in [5, 5.41) is 3.30. The molecule has 1 N–H and O–H groups in total. The van der Waals surface area contributed by atoms with E-state index >= 15 is 0 Å². The van der Waals surface area contributed by atoms with Gasteiger partial charge in [0.1, 0.15) is 12.6 Å². The second-order valence-electron chi connectivity index (χ2n) is 9.40. The molecule has 0 heterocycles. The van der Waals surface area contributed by atoms with Crippen LogP contribution in [0, 0.1) is 6.92 Å². The molecule has 0 aliphatic heterocycles. The molecule has 2 atom stereocenters. The number of sulfonamides is 1. The molecule has 3 rings (SSSR count). The first-order chi connectivity index (χ1) is 18.4. The van der Waals surface area contributed by atoms with E-state index in [4.69, 9.17) is 11.6 Å². The highest BCUT2D eigenvalue weighted by Gasteiger charge is 2.33. The Balaban J connectivity index is 2.03. The van der Waals surface area contributed by atoms with E-state index in [-0.39, 0.29) is 29.1 Å². The number of carbonyl (C=O) groups excluding carboxylic acids is 2. The highest BCUT2D eigenvalue weighted by atomic mass is 79.9. The third-order valence-electron chi connectivity index (χ3n) is 6.49. The minimum absolute atomic E-state index is 0.0384. The molecule has 0 radical (unpaired) electrons. The molecule has 10 heteroatoms. The van der Waals surface area contributed by atoms with Gasteiger partial charge >= 0.3 is 0 Å². The van der Waals surface area contributed by atoms with E-state index in [1.165, 1.54) is 23.1 Å². The molecule has 3 aromatic rings. The Bertz CT molecular complexity index is 1400. The van der Waals surface area contributed by atoms with Gasteiger partial charge in [0.25, 0.3) is 10.0 Å². The van der Waals surface area contributed by atoms with Gasteiger partial charge in [-0.05, 0) is 74.7 Å². The van der Waals surface area contributed by atoms with Gasteiger partial charge in [-0.2, -0.15) is 0 Å². The molecule has 208 valence electrons. The summed E-state index contributed by atoms with van der Waals surface area (Å²) in [6.07, 6.45) is 0.733. The van der Waals surface area contributed by atoms with Gasteiger partial charge in [-0.3, -0.25) is 13.9 Å². The lowest BCUT2D eigenvalue weighted by Crippen LogP contribution is -2.52. The van der Waals surface area contributed by atoms with Gasteiger partial charge in [-0.25, -0.2) is 8.42 Å². The van der Waals surface area contributed by atoms with Gasteiger partial charge in [-0.15, -0.1) is 0 Å². The predicted octanol–water partition coefficient (Wildman–Crippen LogP) is 5.94. The summed E-state index contributed by atoms with van der Waals surface area (Å²) in [7, 11) is -4.14. The van der Waals surface area contributed by atoms with Crippen LogP contribution in [0.5, 0.6) is 0 Å². The van der Waals surface area contributed by atoms with E-state index in [9.17, 15) is 18.0 Å². The lowest BCUT2D eigenvalue weighted by atomic mass is 10.1. The summed E-state index contributed by atoms with van der Waals surface area (Å²) in [6, 6.07) is 19.2. The van der Waals surface area contributed by atoms with Crippen molar-refractivity contribution >= 4 is 55.1 Å². The fourth-order valence-electron chi connectivity index (χ4n) is 3.82. The summed E-state index contributed by atoms with van der Waals surface area (Å²) >= 11 is 9.77. The molecule has 0 bridgehead atoms. The van der Waals surface area contributed by atoms with E-state index in [2.05, 4.69) is 21.2 Å². The summed E-state index contributed by atoms with van der Waals surface area (Å²) in [5.74, 6) is -0.841. The van der Waals surface area contributed by atoms with Gasteiger partial charge in [0, 0.05) is 22.1 Å². The number of amides is 2. The summed E-state index contributed by atoms with van der Waals surface area (Å²) < 4.78 is 29.5. The minimum Gasteiger partial charge on any atom is -0.352 e. The van der Waals surface area contributed by atoms with Crippen LogP contribution in [-0.2, 0) is 26.2 Å². The summed E-state index contributed by atoms with van der Waals surface area (Å²) in [5.41, 5.74) is 1.82. The smallest absolute Gasteiger partial charge is 0.264 e. The lowest BCUT2D eigenvalue weighted by Gasteiger charge is -2.32. The first-order valence-corrected chi connectivity index (χ1v) is 15.2. The standard InChI is InChI=1S/C29H33BrClN3O4S/c1-5-21(3)32-29(36)22(4)33(18-23-12-14-24(30)15-13-23)28(35)19-34(25-16-11-20(2)27(31)17-25)39(37,38)26-9-7-6-8-10-26/h6-17,21-22H,5,18-19H2,1-4H3,(H,32,36)/t21-,22+/m1/s1. The fraction of sp³-hybridized carbons (Fsp3) is 0.310. The van der Waals surface area contributed by atoms with Crippen molar-refractivity contribution in [2.24, 2.45) is 0 Å². The van der Waals surface area contributed by atoms with E-state index in [1.54, 1.807) is 37.3 Å². The van der Waals surface area contributed by atoms with Crippen LogP contribution < -0.4 is 9.62 Å². The van der Waals surface area contributed by atoms with Crippen LogP contribution in [0.3, 0.4) is 0 Å². The van der Waals surface area contributed by atoms with Crippen LogP contribution in [0.2, 0.25) is 5.02 Å². The SMILES string of the molecule is CC[C@@H](C)NC(=O)[C@H](C)N(Cc1ccc(Br)cc1)C(=O)CN(c1ccc(C)c(Cl)c1)S(=O)(=O)c1ccccc1. The number of aryl methyl sites for hydroxylation is 1. The number of nitrogens with one attached hydrogen (secondary N) is 1. The van der Waals surface area contributed by atoms with Crippen molar-refractivity contribution in [3.8, 4) is 0 Å². The monoisotopic (exact) mass is 633 g/mol. The molecule has 39 heavy (non-hydrogen) atoms. The van der Waals surface area contributed by atoms with Crippen molar-refractivity contribution in [1.29, 1.82) is 0 Å². The molecule has 3 aromatic carbocycles. The van der Waals surface area contributed by atoms with Gasteiger partial charge < -0.3 is 10.2 Å². The Labute approximate surface area is 244 Å². The molecule has 0 unspecified atom stereocenters. The van der Waals surface area contributed by atoms with Crippen LogP contribution >= 0.6 is 27.5 Å². The minimum atomic E-state index is -4.14. The van der Waals surface area contributed by atoms with Crippen molar-refractivity contribution in [1.82, 2.24) is 10.2 Å². The van der Waals surface area contributed by atoms with E-state index < -0.39 is 28.5 Å². The predicted molar refractivity (Wildman–Crippen MR) is 159 cm³/mol. The maximum absolute atomic E-state index is 13.9. The molecule has 0 fully saturated rings. The third-order valence-corrected chi connectivity index (χ3v) is 9.21. The second-order valence-corrected chi connectivity index (χ2v) is 12.6. The molecule has 0 aliphatic rings. The molecule has 0 saturated carbocycles. The van der Waals surface area contributed by atoms with Crippen molar-refractivity contribution < 1.29 is 18.0 Å². The second kappa shape index (κ2) is 13.5. The average Bonchev–Trinajstić information content (AvgIpc) is 2.92. The number of hydrogen-bond acceptors (Lipinski definition) is 4. The average molecular weight is 635 g/mol. The lowest BCUT2D eigenvalue weighted by molar-refractivity contribution is -0.139. The molecular formula is C29H33BrClN3O4S. The Kier molecular flexibility index (Phi) is 10.6. The van der Waals surface area contributed by atoms with Crippen molar-refractivity contribution in [2.45, 2.75) is 57.6 Å². The van der Waals surface area contributed by atoms with Crippen molar-refractivity contribution in [2.75, 3.05) is 10.8 Å². The molecule has 0 aliphatic carbocycles. The van der Waals surface area contributed by atoms with E-state index in [1.807, 2.05) is 45.0 Å². The van der Waals surface area contributed by atoms with Crippen LogP contribution in [0.15, 0.2) is 82.2 Å². The van der Waals surface area contributed by atoms with Gasteiger partial charge in [0.15, 0.2) is 0 Å². The van der Waals surface area contributed by atoms with Crippen LogP contribution in [-0.4, -0.2) is 43.8 Å². The molecule has 0 saturated heterocycles. The van der Waals surface area contributed by atoms with E-state index in [0.29, 0.717) is 5.02 Å². The Morgan fingerprint density at radius 2 is 1.64 bits per heavy atom. The zero-order valence-electron chi connectivity index (χ0n) is 22.4. The highest BCUT2D eigenvalue weighted by Crippen LogP contribution is 2.28. The molecular weight excluding hydrogens is 602 g/mol. The summed E-state index contributed by atoms with van der Waals surface area (Å²) in [6.45, 7) is 6.90. The maximum atomic E-state index is 13.9. The van der Waals surface area contributed by atoms with Crippen LogP contribution in [0.1, 0.15) is 38.3 Å². The largest absolute Gasteiger partial charge is 0.352 e. The zero-order chi connectivity index (χ0) is 28.7. The number of hydrogen-bond donors (Lipinski definition) is 1. The summed E-state index contributed by atoms with van der Waals surface area (Å²) in [4.78, 5) is 28.5. The van der Waals surface area contributed by atoms with Crippen LogP contribution in [0.25, 0.3) is 0 Å². The number of anilines is 1. The van der Waals surface area contributed by atoms with E-state index in [0.717, 1.165) is 26.3 Å². The topological polar surface area (TPSA) is 86.8 Å². The first-order valence-electron chi connectivity index (χ1n) is 12.6. The quantitative estimate of drug-likeness (QED) is 0.283. The maximum Gasteiger partial charge on any atom is 0.264 e. The van der Waals surface area contributed by atoms with Crippen LogP contribution in [0.4, 0.5) is 5.69 Å². The van der Waals surface area contributed by atoms with Gasteiger partial charge in [0.05, 0.1) is 10.6 Å². The number of benzene rings is 3. The number of rotatable bonds is 11. The molecule has 0 spiro atoms. The first kappa shape index (κ1) is 30.7. The molecule has 7 nitrogen and oxygen atoms in total. The van der Waals surface area contributed by atoms with Gasteiger partial charge in [0.2, 0.25) is 11.8 Å². The number of carbonyl (C=O) groups is 2.